The number of esters is 1. The Morgan fingerprint density at radius 1 is 0.429 bits per heavy atom. The molecule has 372 valence electrons. The summed E-state index contributed by atoms with van der Waals surface area (Å²) in [6.07, 6.45) is 63.3. The molecule has 0 saturated heterocycles. The number of carbonyl (C=O) groups is 2. The van der Waals surface area contributed by atoms with Crippen LogP contribution in [0.1, 0.15) is 303 Å². The minimum atomic E-state index is -0.848. The van der Waals surface area contributed by atoms with Crippen LogP contribution in [0.25, 0.3) is 0 Å². The molecule has 0 aromatic heterocycles. The Hall–Kier alpha value is -1.66. The van der Waals surface area contributed by atoms with E-state index in [0.717, 1.165) is 44.9 Å². The van der Waals surface area contributed by atoms with E-state index in [-0.39, 0.29) is 18.5 Å². The molecule has 0 rings (SSSR count). The molecule has 0 spiro atoms. The van der Waals surface area contributed by atoms with Crippen molar-refractivity contribution in [2.45, 2.75) is 315 Å². The maximum absolute atomic E-state index is 12.5. The van der Waals surface area contributed by atoms with E-state index in [1.807, 2.05) is 6.08 Å². The highest BCUT2D eigenvalue weighted by Gasteiger charge is 2.18. The van der Waals surface area contributed by atoms with Crippen LogP contribution in [0.2, 0.25) is 0 Å². The van der Waals surface area contributed by atoms with Crippen molar-refractivity contribution in [1.29, 1.82) is 0 Å². The van der Waals surface area contributed by atoms with E-state index in [9.17, 15) is 19.8 Å². The van der Waals surface area contributed by atoms with Gasteiger partial charge in [-0.2, -0.15) is 0 Å². The number of hydrogen-bond donors (Lipinski definition) is 3. The topological polar surface area (TPSA) is 95.9 Å². The van der Waals surface area contributed by atoms with Crippen LogP contribution in [-0.4, -0.2) is 47.4 Å². The number of nitrogens with one attached hydrogen (secondary N) is 1. The maximum atomic E-state index is 12.5. The average Bonchev–Trinajstić information content (AvgIpc) is 3.28. The zero-order chi connectivity index (χ0) is 45.8. The third kappa shape index (κ3) is 49.6. The molecule has 63 heavy (non-hydrogen) atoms. The Morgan fingerprint density at radius 2 is 0.762 bits per heavy atom. The van der Waals surface area contributed by atoms with Gasteiger partial charge in [-0.05, 0) is 51.4 Å². The summed E-state index contributed by atoms with van der Waals surface area (Å²) in [4.78, 5) is 24.4. The van der Waals surface area contributed by atoms with Gasteiger partial charge in [-0.15, -0.1) is 0 Å². The highest BCUT2D eigenvalue weighted by molar-refractivity contribution is 5.76. The largest absolute Gasteiger partial charge is 0.466 e. The molecule has 0 aromatic carbocycles. The Bertz CT molecular complexity index is 982. The fraction of sp³-hybridized carbons (Fsp3) is 0.895. The van der Waals surface area contributed by atoms with Gasteiger partial charge in [-0.1, -0.05) is 263 Å². The van der Waals surface area contributed by atoms with Crippen LogP contribution in [0.4, 0.5) is 0 Å². The maximum Gasteiger partial charge on any atom is 0.305 e. The molecule has 2 atom stereocenters. The molecule has 2 unspecified atom stereocenters. The standard InChI is InChI=1S/C57H109NO5/c1-3-5-7-9-11-13-15-16-17-18-20-23-26-30-33-37-41-45-49-55(60)54(53-59)58-56(61)50-46-42-38-34-31-27-24-21-19-22-25-28-32-36-40-44-48-52-63-57(62)51-47-43-39-35-29-14-12-10-8-6-4-2/h10,12,45,49,54-55,59-60H,3-9,11,13-44,46-48,50-53H2,1-2H3,(H,58,61)/b12-10-,49-45+. The Balaban J connectivity index is 3.46. The van der Waals surface area contributed by atoms with E-state index in [1.165, 1.54) is 231 Å². The monoisotopic (exact) mass is 888 g/mol. The van der Waals surface area contributed by atoms with Gasteiger partial charge in [0, 0.05) is 12.8 Å². The molecular formula is C57H109NO5. The molecule has 0 aliphatic heterocycles. The molecule has 0 bridgehead atoms. The second-order valence-electron chi connectivity index (χ2n) is 19.3. The van der Waals surface area contributed by atoms with E-state index < -0.39 is 12.1 Å². The first-order valence-electron chi connectivity index (χ1n) is 28.1. The summed E-state index contributed by atoms with van der Waals surface area (Å²) in [7, 11) is 0. The van der Waals surface area contributed by atoms with Crippen LogP contribution in [-0.2, 0) is 14.3 Å². The Morgan fingerprint density at radius 3 is 1.17 bits per heavy atom. The quantitative estimate of drug-likeness (QED) is 0.0321. The zero-order valence-electron chi connectivity index (χ0n) is 42.3. The third-order valence-electron chi connectivity index (χ3n) is 13.0. The van der Waals surface area contributed by atoms with Crippen LogP contribution in [0, 0.1) is 0 Å². The van der Waals surface area contributed by atoms with Crippen molar-refractivity contribution in [1.82, 2.24) is 5.32 Å². The van der Waals surface area contributed by atoms with Gasteiger partial charge >= 0.3 is 5.97 Å². The predicted molar refractivity (Wildman–Crippen MR) is 273 cm³/mol. The highest BCUT2D eigenvalue weighted by atomic mass is 16.5. The van der Waals surface area contributed by atoms with Gasteiger partial charge in [0.05, 0.1) is 25.4 Å². The van der Waals surface area contributed by atoms with Crippen molar-refractivity contribution in [2.75, 3.05) is 13.2 Å². The number of aliphatic hydroxyl groups excluding tert-OH is 2. The van der Waals surface area contributed by atoms with Gasteiger partial charge in [0.15, 0.2) is 0 Å². The highest BCUT2D eigenvalue weighted by Crippen LogP contribution is 2.17. The Kier molecular flexibility index (Phi) is 51.6. The molecule has 6 nitrogen and oxygen atoms in total. The van der Waals surface area contributed by atoms with E-state index >= 15 is 0 Å². The third-order valence-corrected chi connectivity index (χ3v) is 13.0. The lowest BCUT2D eigenvalue weighted by molar-refractivity contribution is -0.143. The van der Waals surface area contributed by atoms with Gasteiger partial charge < -0.3 is 20.3 Å². The molecule has 0 saturated carbocycles. The van der Waals surface area contributed by atoms with Gasteiger partial charge in [0.25, 0.3) is 0 Å². The van der Waals surface area contributed by atoms with Crippen molar-refractivity contribution < 1.29 is 24.5 Å². The summed E-state index contributed by atoms with van der Waals surface area (Å²) in [5.41, 5.74) is 0. The molecule has 3 N–H and O–H groups in total. The number of hydrogen-bond acceptors (Lipinski definition) is 5. The van der Waals surface area contributed by atoms with E-state index in [0.29, 0.717) is 19.4 Å². The molecule has 0 aliphatic carbocycles. The summed E-state index contributed by atoms with van der Waals surface area (Å²) in [6, 6.07) is -0.632. The number of rotatable bonds is 52. The van der Waals surface area contributed by atoms with E-state index in [4.69, 9.17) is 4.74 Å². The molecule has 0 aromatic rings. The average molecular weight is 889 g/mol. The second-order valence-corrected chi connectivity index (χ2v) is 19.3. The number of carbonyl (C=O) groups excluding carboxylic acids is 2. The fourth-order valence-electron chi connectivity index (χ4n) is 8.62. The summed E-state index contributed by atoms with van der Waals surface area (Å²) in [5.74, 6) is -0.0783. The lowest BCUT2D eigenvalue weighted by atomic mass is 10.0. The summed E-state index contributed by atoms with van der Waals surface area (Å²) in [5, 5.41) is 23.1. The van der Waals surface area contributed by atoms with Crippen LogP contribution < -0.4 is 5.32 Å². The predicted octanol–water partition coefficient (Wildman–Crippen LogP) is 17.1. The van der Waals surface area contributed by atoms with Gasteiger partial charge in [0.1, 0.15) is 0 Å². The molecule has 0 fully saturated rings. The molecule has 1 amide bonds. The molecule has 0 radical (unpaired) electrons. The van der Waals surface area contributed by atoms with Crippen molar-refractivity contribution in [2.24, 2.45) is 0 Å². The zero-order valence-corrected chi connectivity index (χ0v) is 42.3. The molecule has 0 aliphatic rings. The minimum absolute atomic E-state index is 0.00655. The first-order valence-corrected chi connectivity index (χ1v) is 28.1. The van der Waals surface area contributed by atoms with E-state index in [1.54, 1.807) is 6.08 Å². The number of aliphatic hydroxyl groups is 2. The second kappa shape index (κ2) is 53.0. The normalized spacial score (nSPS) is 12.8. The summed E-state index contributed by atoms with van der Waals surface area (Å²) in [6.45, 7) is 4.86. The molecular weight excluding hydrogens is 779 g/mol. The number of amides is 1. The van der Waals surface area contributed by atoms with Crippen LogP contribution in [0.3, 0.4) is 0 Å². The first-order chi connectivity index (χ1) is 31.0. The van der Waals surface area contributed by atoms with Crippen LogP contribution >= 0.6 is 0 Å². The number of ether oxygens (including phenoxy) is 1. The van der Waals surface area contributed by atoms with Gasteiger partial charge in [-0.3, -0.25) is 9.59 Å². The van der Waals surface area contributed by atoms with Crippen molar-refractivity contribution in [3.8, 4) is 0 Å². The van der Waals surface area contributed by atoms with E-state index in [2.05, 4.69) is 31.3 Å². The Labute approximate surface area is 392 Å². The molecule has 0 heterocycles. The lowest BCUT2D eigenvalue weighted by Gasteiger charge is -2.20. The summed E-state index contributed by atoms with van der Waals surface area (Å²) < 4.78 is 5.45. The van der Waals surface area contributed by atoms with Gasteiger partial charge in [0.2, 0.25) is 5.91 Å². The van der Waals surface area contributed by atoms with Crippen LogP contribution in [0.5, 0.6) is 0 Å². The van der Waals surface area contributed by atoms with Crippen molar-refractivity contribution in [3.63, 3.8) is 0 Å². The molecule has 6 heteroatoms. The van der Waals surface area contributed by atoms with Crippen LogP contribution in [0.15, 0.2) is 24.3 Å². The first kappa shape index (κ1) is 61.3. The van der Waals surface area contributed by atoms with Crippen molar-refractivity contribution >= 4 is 11.9 Å². The smallest absolute Gasteiger partial charge is 0.305 e. The SMILES string of the molecule is CCCC/C=C\CCCCCCCC(=O)OCCCCCCCCCCCCCCCCCCCC(=O)NC(CO)C(O)/C=C/CCCCCCCCCCCCCCCCCC. The van der Waals surface area contributed by atoms with Gasteiger partial charge in [-0.25, -0.2) is 0 Å². The minimum Gasteiger partial charge on any atom is -0.466 e. The summed E-state index contributed by atoms with van der Waals surface area (Å²) >= 11 is 0. The lowest BCUT2D eigenvalue weighted by Crippen LogP contribution is -2.45. The fourth-order valence-corrected chi connectivity index (χ4v) is 8.62. The number of unbranched alkanes of at least 4 members (excludes halogenated alkanes) is 39. The van der Waals surface area contributed by atoms with Crippen molar-refractivity contribution in [3.05, 3.63) is 24.3 Å². The number of allylic oxidation sites excluding steroid dienone is 3.